The van der Waals surface area contributed by atoms with Gasteiger partial charge < -0.3 is 5.32 Å². The fourth-order valence-corrected chi connectivity index (χ4v) is 2.85. The molecule has 0 bridgehead atoms. The number of rotatable bonds is 4. The normalized spacial score (nSPS) is 24.2. The van der Waals surface area contributed by atoms with Crippen LogP contribution < -0.4 is 5.32 Å². The number of benzene rings is 1. The van der Waals surface area contributed by atoms with Gasteiger partial charge in [-0.15, -0.1) is 0 Å². The molecule has 0 heterocycles. The highest BCUT2D eigenvalue weighted by molar-refractivity contribution is 5.23. The highest BCUT2D eigenvalue weighted by Crippen LogP contribution is 2.26. The lowest BCUT2D eigenvalue weighted by Gasteiger charge is -2.28. The Balaban J connectivity index is 1.79. The van der Waals surface area contributed by atoms with Crippen LogP contribution in [0.5, 0.6) is 0 Å². The van der Waals surface area contributed by atoms with Crippen LogP contribution in [0.3, 0.4) is 0 Å². The Labute approximate surface area is 110 Å². The summed E-state index contributed by atoms with van der Waals surface area (Å²) in [6, 6.07) is 6.05. The second kappa shape index (κ2) is 6.33. The Morgan fingerprint density at radius 3 is 2.56 bits per heavy atom. The molecule has 1 aromatic carbocycles. The maximum atomic E-state index is 13.2. The average molecular weight is 249 g/mol. The van der Waals surface area contributed by atoms with Crippen molar-refractivity contribution in [3.63, 3.8) is 0 Å². The lowest BCUT2D eigenvalue weighted by Crippen LogP contribution is -2.32. The second-order valence-corrected chi connectivity index (χ2v) is 5.59. The Kier molecular flexibility index (Phi) is 4.76. The summed E-state index contributed by atoms with van der Waals surface area (Å²) in [6.07, 6.45) is 6.62. The molecule has 0 spiro atoms. The quantitative estimate of drug-likeness (QED) is 0.843. The fraction of sp³-hybridized carbons (Fsp3) is 0.625. The molecule has 100 valence electrons. The van der Waals surface area contributed by atoms with Gasteiger partial charge in [0, 0.05) is 12.6 Å². The van der Waals surface area contributed by atoms with Crippen LogP contribution in [-0.4, -0.2) is 6.04 Å². The smallest absolute Gasteiger partial charge is 0.126 e. The molecule has 0 saturated heterocycles. The van der Waals surface area contributed by atoms with Crippen molar-refractivity contribution in [3.8, 4) is 0 Å². The predicted molar refractivity (Wildman–Crippen MR) is 74.0 cm³/mol. The van der Waals surface area contributed by atoms with E-state index in [1.54, 1.807) is 6.07 Å². The molecule has 0 atom stereocenters. The zero-order chi connectivity index (χ0) is 13.0. The van der Waals surface area contributed by atoms with Gasteiger partial charge in [0.1, 0.15) is 5.82 Å². The molecule has 18 heavy (non-hydrogen) atoms. The van der Waals surface area contributed by atoms with Crippen LogP contribution >= 0.6 is 0 Å². The minimum Gasteiger partial charge on any atom is -0.310 e. The first-order valence-corrected chi connectivity index (χ1v) is 7.17. The highest BCUT2D eigenvalue weighted by Gasteiger charge is 2.19. The summed E-state index contributed by atoms with van der Waals surface area (Å²) in [5, 5.41) is 3.61. The summed E-state index contributed by atoms with van der Waals surface area (Å²) in [4.78, 5) is 0. The van der Waals surface area contributed by atoms with Gasteiger partial charge in [-0.3, -0.25) is 0 Å². The molecular formula is C16H24FN. The monoisotopic (exact) mass is 249 g/mol. The van der Waals surface area contributed by atoms with Gasteiger partial charge in [-0.05, 0) is 55.7 Å². The van der Waals surface area contributed by atoms with Gasteiger partial charge in [-0.2, -0.15) is 0 Å². The van der Waals surface area contributed by atoms with Gasteiger partial charge in [-0.1, -0.05) is 25.5 Å². The van der Waals surface area contributed by atoms with Gasteiger partial charge >= 0.3 is 0 Å². The van der Waals surface area contributed by atoms with E-state index in [9.17, 15) is 4.39 Å². The molecule has 0 amide bonds. The number of hydrogen-bond acceptors (Lipinski definition) is 1. The van der Waals surface area contributed by atoms with Crippen LogP contribution in [0.1, 0.15) is 50.2 Å². The second-order valence-electron chi connectivity index (χ2n) is 5.59. The standard InChI is InChI=1S/C16H24FN/c1-3-13-4-7-15(8-5-13)18-11-14-6-9-16(17)12(2)10-14/h6,9-10,13,15,18H,3-5,7-8,11H2,1-2H3. The zero-order valence-electron chi connectivity index (χ0n) is 11.5. The van der Waals surface area contributed by atoms with Crippen LogP contribution in [0.15, 0.2) is 18.2 Å². The van der Waals surface area contributed by atoms with Crippen LogP contribution in [0.2, 0.25) is 0 Å². The summed E-state index contributed by atoms with van der Waals surface area (Å²) in [5.41, 5.74) is 1.93. The van der Waals surface area contributed by atoms with E-state index in [1.807, 2.05) is 19.1 Å². The first-order valence-electron chi connectivity index (χ1n) is 7.17. The molecule has 1 N–H and O–H groups in total. The van der Waals surface area contributed by atoms with E-state index >= 15 is 0 Å². The molecule has 1 fully saturated rings. The predicted octanol–water partition coefficient (Wildman–Crippen LogP) is 4.19. The van der Waals surface area contributed by atoms with Crippen molar-refractivity contribution in [2.45, 2.75) is 58.5 Å². The highest BCUT2D eigenvalue weighted by atomic mass is 19.1. The van der Waals surface area contributed by atoms with Crippen LogP contribution in [-0.2, 0) is 6.54 Å². The molecule has 1 nitrogen and oxygen atoms in total. The van der Waals surface area contributed by atoms with Crippen molar-refractivity contribution in [1.29, 1.82) is 0 Å². The van der Waals surface area contributed by atoms with E-state index in [1.165, 1.54) is 37.7 Å². The summed E-state index contributed by atoms with van der Waals surface area (Å²) in [7, 11) is 0. The van der Waals surface area contributed by atoms with Crippen molar-refractivity contribution in [2.24, 2.45) is 5.92 Å². The maximum Gasteiger partial charge on any atom is 0.126 e. The number of aryl methyl sites for hydroxylation is 1. The maximum absolute atomic E-state index is 13.2. The lowest BCUT2D eigenvalue weighted by atomic mass is 9.84. The third-order valence-electron chi connectivity index (χ3n) is 4.24. The minimum atomic E-state index is -0.109. The summed E-state index contributed by atoms with van der Waals surface area (Å²) in [6.45, 7) is 4.98. The molecule has 0 aliphatic heterocycles. The van der Waals surface area contributed by atoms with Gasteiger partial charge in [0.25, 0.3) is 0 Å². The molecule has 2 rings (SSSR count). The van der Waals surface area contributed by atoms with Gasteiger partial charge in [-0.25, -0.2) is 4.39 Å². The average Bonchev–Trinajstić information content (AvgIpc) is 2.41. The topological polar surface area (TPSA) is 12.0 Å². The zero-order valence-corrected chi connectivity index (χ0v) is 11.5. The van der Waals surface area contributed by atoms with Gasteiger partial charge in [0.05, 0.1) is 0 Å². The van der Waals surface area contributed by atoms with E-state index in [4.69, 9.17) is 0 Å². The number of hydrogen-bond donors (Lipinski definition) is 1. The summed E-state index contributed by atoms with van der Waals surface area (Å²) >= 11 is 0. The molecule has 0 aromatic heterocycles. The Morgan fingerprint density at radius 2 is 1.94 bits per heavy atom. The minimum absolute atomic E-state index is 0.109. The van der Waals surface area contributed by atoms with Crippen molar-refractivity contribution in [2.75, 3.05) is 0 Å². The molecule has 0 radical (unpaired) electrons. The van der Waals surface area contributed by atoms with Crippen LogP contribution in [0, 0.1) is 18.7 Å². The van der Waals surface area contributed by atoms with Gasteiger partial charge in [0.15, 0.2) is 0 Å². The first kappa shape index (κ1) is 13.5. The molecule has 2 heteroatoms. The number of nitrogens with one attached hydrogen (secondary N) is 1. The van der Waals surface area contributed by atoms with Crippen molar-refractivity contribution < 1.29 is 4.39 Å². The fourth-order valence-electron chi connectivity index (χ4n) is 2.85. The van der Waals surface area contributed by atoms with Crippen molar-refractivity contribution >= 4 is 0 Å². The molecule has 1 saturated carbocycles. The van der Waals surface area contributed by atoms with E-state index < -0.39 is 0 Å². The van der Waals surface area contributed by atoms with Crippen molar-refractivity contribution in [3.05, 3.63) is 35.1 Å². The van der Waals surface area contributed by atoms with E-state index in [-0.39, 0.29) is 5.82 Å². The van der Waals surface area contributed by atoms with Crippen LogP contribution in [0.25, 0.3) is 0 Å². The molecule has 1 aliphatic carbocycles. The summed E-state index contributed by atoms with van der Waals surface area (Å²) < 4.78 is 13.2. The van der Waals surface area contributed by atoms with E-state index in [0.29, 0.717) is 6.04 Å². The summed E-state index contributed by atoms with van der Waals surface area (Å²) in [5.74, 6) is 0.832. The SMILES string of the molecule is CCC1CCC(NCc2ccc(F)c(C)c2)CC1. The Bertz CT molecular complexity index is 381. The molecule has 1 aromatic rings. The Morgan fingerprint density at radius 1 is 1.22 bits per heavy atom. The largest absolute Gasteiger partial charge is 0.310 e. The third kappa shape index (κ3) is 3.55. The molecular weight excluding hydrogens is 225 g/mol. The van der Waals surface area contributed by atoms with E-state index in [2.05, 4.69) is 12.2 Å². The van der Waals surface area contributed by atoms with Gasteiger partial charge in [0.2, 0.25) is 0 Å². The number of halogens is 1. The third-order valence-corrected chi connectivity index (χ3v) is 4.24. The molecule has 0 unspecified atom stereocenters. The van der Waals surface area contributed by atoms with E-state index in [0.717, 1.165) is 18.0 Å². The van der Waals surface area contributed by atoms with Crippen molar-refractivity contribution in [1.82, 2.24) is 5.32 Å². The first-order chi connectivity index (χ1) is 8.69. The van der Waals surface area contributed by atoms with Crippen LogP contribution in [0.4, 0.5) is 4.39 Å². The Hall–Kier alpha value is -0.890. The molecule has 1 aliphatic rings. The lowest BCUT2D eigenvalue weighted by molar-refractivity contribution is 0.285.